The van der Waals surface area contributed by atoms with Gasteiger partial charge in [0.25, 0.3) is 0 Å². The highest BCUT2D eigenvalue weighted by molar-refractivity contribution is 5.91. The van der Waals surface area contributed by atoms with Crippen LogP contribution in [0.5, 0.6) is 0 Å². The quantitative estimate of drug-likeness (QED) is 0.692. The molecule has 1 atom stereocenters. The third-order valence-corrected chi connectivity index (χ3v) is 3.56. The van der Waals surface area contributed by atoms with Crippen molar-refractivity contribution in [3.8, 4) is 0 Å². The summed E-state index contributed by atoms with van der Waals surface area (Å²) in [6, 6.07) is 7.89. The monoisotopic (exact) mass is 230 g/mol. The van der Waals surface area contributed by atoms with E-state index in [0.717, 1.165) is 24.0 Å². The van der Waals surface area contributed by atoms with E-state index in [1.807, 2.05) is 24.3 Å². The average Bonchev–Trinajstić information content (AvgIpc) is 2.66. The van der Waals surface area contributed by atoms with E-state index in [0.29, 0.717) is 18.6 Å². The number of carbonyl (C=O) groups excluding carboxylic acids is 1. The third kappa shape index (κ3) is 1.76. The van der Waals surface area contributed by atoms with Crippen molar-refractivity contribution in [3.05, 3.63) is 46.5 Å². The average molecular weight is 230 g/mol. The van der Waals surface area contributed by atoms with Crippen LogP contribution in [0.3, 0.4) is 0 Å². The van der Waals surface area contributed by atoms with Gasteiger partial charge in [0.15, 0.2) is 0 Å². The van der Waals surface area contributed by atoms with Crippen molar-refractivity contribution in [1.29, 1.82) is 0 Å². The van der Waals surface area contributed by atoms with Gasteiger partial charge in [-0.2, -0.15) is 0 Å². The maximum absolute atomic E-state index is 11.5. The van der Waals surface area contributed by atoms with Crippen LogP contribution in [-0.2, 0) is 16.0 Å². The number of aliphatic hydroxyl groups is 1. The zero-order chi connectivity index (χ0) is 11.8. The summed E-state index contributed by atoms with van der Waals surface area (Å²) in [4.78, 5) is 11.5. The van der Waals surface area contributed by atoms with Gasteiger partial charge in [0.1, 0.15) is 6.61 Å². The number of benzene rings is 1. The fraction of sp³-hybridized carbons (Fsp3) is 0.357. The number of aliphatic hydroxyl groups excluding tert-OH is 1. The van der Waals surface area contributed by atoms with Gasteiger partial charge in [0.2, 0.25) is 0 Å². The van der Waals surface area contributed by atoms with Crippen molar-refractivity contribution in [1.82, 2.24) is 0 Å². The van der Waals surface area contributed by atoms with Gasteiger partial charge in [-0.05, 0) is 29.5 Å². The lowest BCUT2D eigenvalue weighted by Crippen LogP contribution is -2.10. The third-order valence-electron chi connectivity index (χ3n) is 3.56. The standard InChI is InChI=1S/C14H14O3/c15-13-7-12-10(8-17-14(12)16)6-5-9-3-1-2-4-11(9)13/h1-4,13,15H,5-8H2/t13-/m1/s1. The Kier molecular flexibility index (Phi) is 2.48. The fourth-order valence-corrected chi connectivity index (χ4v) is 2.60. The number of esters is 1. The van der Waals surface area contributed by atoms with Gasteiger partial charge in [-0.25, -0.2) is 4.79 Å². The molecule has 3 nitrogen and oxygen atoms in total. The van der Waals surface area contributed by atoms with E-state index in [1.54, 1.807) is 0 Å². The summed E-state index contributed by atoms with van der Waals surface area (Å²) in [5, 5.41) is 10.2. The minimum atomic E-state index is -0.595. The molecule has 3 rings (SSSR count). The fourth-order valence-electron chi connectivity index (χ4n) is 2.60. The van der Waals surface area contributed by atoms with Gasteiger partial charge < -0.3 is 9.84 Å². The first-order chi connectivity index (χ1) is 8.25. The Bertz CT molecular complexity index is 502. The molecule has 0 spiro atoms. The molecule has 0 saturated heterocycles. The highest BCUT2D eigenvalue weighted by Gasteiger charge is 2.29. The maximum atomic E-state index is 11.5. The second kappa shape index (κ2) is 4.00. The first-order valence-electron chi connectivity index (χ1n) is 5.89. The summed E-state index contributed by atoms with van der Waals surface area (Å²) in [5.41, 5.74) is 3.86. The van der Waals surface area contributed by atoms with Gasteiger partial charge in [-0.1, -0.05) is 24.3 Å². The molecule has 0 amide bonds. The van der Waals surface area contributed by atoms with Crippen molar-refractivity contribution < 1.29 is 14.6 Å². The number of hydrogen-bond acceptors (Lipinski definition) is 3. The van der Waals surface area contributed by atoms with Crippen LogP contribution in [0.2, 0.25) is 0 Å². The summed E-state index contributed by atoms with van der Waals surface area (Å²) in [6.07, 6.45) is 1.50. The van der Waals surface area contributed by atoms with Crippen LogP contribution in [0.1, 0.15) is 30.1 Å². The topological polar surface area (TPSA) is 46.5 Å². The van der Waals surface area contributed by atoms with Gasteiger partial charge in [0, 0.05) is 12.0 Å². The largest absolute Gasteiger partial charge is 0.458 e. The Balaban J connectivity index is 2.00. The first kappa shape index (κ1) is 10.5. The molecular weight excluding hydrogens is 216 g/mol. The lowest BCUT2D eigenvalue weighted by atomic mass is 9.88. The predicted molar refractivity (Wildman–Crippen MR) is 62.3 cm³/mol. The summed E-state index contributed by atoms with van der Waals surface area (Å²) in [7, 11) is 0. The zero-order valence-corrected chi connectivity index (χ0v) is 9.48. The summed E-state index contributed by atoms with van der Waals surface area (Å²) in [6.45, 7) is 0.406. The van der Waals surface area contributed by atoms with Crippen LogP contribution in [-0.4, -0.2) is 17.7 Å². The van der Waals surface area contributed by atoms with Crippen molar-refractivity contribution in [2.24, 2.45) is 0 Å². The van der Waals surface area contributed by atoms with Crippen LogP contribution >= 0.6 is 0 Å². The van der Waals surface area contributed by atoms with Gasteiger partial charge >= 0.3 is 5.97 Å². The number of hydrogen-bond donors (Lipinski definition) is 1. The van der Waals surface area contributed by atoms with Crippen LogP contribution in [0.4, 0.5) is 0 Å². The number of carbonyl (C=O) groups is 1. The first-order valence-corrected chi connectivity index (χ1v) is 5.89. The Hall–Kier alpha value is -1.61. The molecule has 1 heterocycles. The van der Waals surface area contributed by atoms with E-state index >= 15 is 0 Å². The normalized spacial score (nSPS) is 23.6. The molecule has 1 aromatic rings. The molecule has 0 radical (unpaired) electrons. The molecule has 0 saturated carbocycles. The summed E-state index contributed by atoms with van der Waals surface area (Å²) in [5.74, 6) is -0.251. The van der Waals surface area contributed by atoms with Crippen LogP contribution in [0, 0.1) is 0 Å². The molecule has 1 N–H and O–H groups in total. The molecule has 1 aliphatic heterocycles. The SMILES string of the molecule is O=C1OCC2=C1C[C@@H](O)c1ccccc1CC2. The number of aryl methyl sites for hydroxylation is 1. The van der Waals surface area contributed by atoms with E-state index in [4.69, 9.17) is 4.74 Å². The smallest absolute Gasteiger partial charge is 0.334 e. The molecule has 0 fully saturated rings. The lowest BCUT2D eigenvalue weighted by molar-refractivity contribution is -0.136. The molecule has 88 valence electrons. The molecule has 2 aliphatic rings. The zero-order valence-electron chi connectivity index (χ0n) is 9.48. The molecule has 17 heavy (non-hydrogen) atoms. The van der Waals surface area contributed by atoms with E-state index in [-0.39, 0.29) is 5.97 Å². The Morgan fingerprint density at radius 3 is 2.94 bits per heavy atom. The number of ether oxygens (including phenoxy) is 1. The van der Waals surface area contributed by atoms with Crippen LogP contribution in [0.15, 0.2) is 35.4 Å². The van der Waals surface area contributed by atoms with Gasteiger partial charge in [0.05, 0.1) is 6.10 Å². The molecule has 1 aliphatic carbocycles. The number of cyclic esters (lactones) is 1. The second-order valence-electron chi connectivity index (χ2n) is 4.58. The highest BCUT2D eigenvalue weighted by Crippen LogP contribution is 2.33. The van der Waals surface area contributed by atoms with Crippen LogP contribution in [0.25, 0.3) is 0 Å². The van der Waals surface area contributed by atoms with Crippen LogP contribution < -0.4 is 0 Å². The van der Waals surface area contributed by atoms with E-state index in [9.17, 15) is 9.90 Å². The van der Waals surface area contributed by atoms with E-state index in [1.165, 1.54) is 5.56 Å². The summed E-state index contributed by atoms with van der Waals surface area (Å²) < 4.78 is 5.03. The molecule has 0 unspecified atom stereocenters. The minimum Gasteiger partial charge on any atom is -0.458 e. The van der Waals surface area contributed by atoms with Crippen molar-refractivity contribution in [2.45, 2.75) is 25.4 Å². The van der Waals surface area contributed by atoms with E-state index < -0.39 is 6.10 Å². The maximum Gasteiger partial charge on any atom is 0.334 e. The van der Waals surface area contributed by atoms with Gasteiger partial charge in [-0.3, -0.25) is 0 Å². The molecule has 1 aromatic carbocycles. The molecule has 0 bridgehead atoms. The molecule has 3 heteroatoms. The second-order valence-corrected chi connectivity index (χ2v) is 4.58. The molecule has 0 aromatic heterocycles. The minimum absolute atomic E-state index is 0.251. The van der Waals surface area contributed by atoms with Crippen molar-refractivity contribution in [3.63, 3.8) is 0 Å². The van der Waals surface area contributed by atoms with E-state index in [2.05, 4.69) is 0 Å². The van der Waals surface area contributed by atoms with Crippen molar-refractivity contribution in [2.75, 3.05) is 6.61 Å². The number of rotatable bonds is 0. The summed E-state index contributed by atoms with van der Waals surface area (Å²) >= 11 is 0. The Morgan fingerprint density at radius 2 is 2.06 bits per heavy atom. The number of fused-ring (bicyclic) bond motifs is 1. The predicted octanol–water partition coefficient (Wildman–Crippen LogP) is 1.91. The Labute approximate surface area is 99.7 Å². The van der Waals surface area contributed by atoms with Crippen molar-refractivity contribution >= 4 is 5.97 Å². The van der Waals surface area contributed by atoms with Gasteiger partial charge in [-0.15, -0.1) is 0 Å². The Morgan fingerprint density at radius 1 is 1.24 bits per heavy atom. The highest BCUT2D eigenvalue weighted by atomic mass is 16.5. The lowest BCUT2D eigenvalue weighted by Gasteiger charge is -2.18. The molecular formula is C14H14O3.